The first-order chi connectivity index (χ1) is 8.50. The molecule has 0 atom stereocenters. The van der Waals surface area contributed by atoms with Crippen molar-refractivity contribution in [1.82, 2.24) is 19.7 Å². The van der Waals surface area contributed by atoms with Crippen LogP contribution in [0.15, 0.2) is 10.8 Å². The van der Waals surface area contributed by atoms with Gasteiger partial charge in [0.1, 0.15) is 22.4 Å². The zero-order chi connectivity index (χ0) is 13.3. The molecule has 0 saturated heterocycles. The van der Waals surface area contributed by atoms with Gasteiger partial charge >= 0.3 is 0 Å². The predicted octanol–water partition coefficient (Wildman–Crippen LogP) is 1.78. The Kier molecular flexibility index (Phi) is 3.51. The number of hydrogen-bond donors (Lipinski definition) is 2. The number of nitrogens with zero attached hydrogens (tertiary/aromatic N) is 4. The molecule has 0 aliphatic carbocycles. The molecule has 0 aliphatic rings. The van der Waals surface area contributed by atoms with Crippen molar-refractivity contribution in [3.05, 3.63) is 27.8 Å². The molecular formula is C11H15BrN6. The number of aromatic nitrogens is 4. The zero-order valence-corrected chi connectivity index (χ0v) is 12.1. The van der Waals surface area contributed by atoms with Crippen LogP contribution in [0.2, 0.25) is 0 Å². The lowest BCUT2D eigenvalue weighted by atomic mass is 10.2. The van der Waals surface area contributed by atoms with Crippen LogP contribution in [0.1, 0.15) is 17.0 Å². The summed E-state index contributed by atoms with van der Waals surface area (Å²) in [7, 11) is 1.93. The van der Waals surface area contributed by atoms with Gasteiger partial charge in [-0.2, -0.15) is 5.10 Å². The Morgan fingerprint density at radius 1 is 1.39 bits per heavy atom. The predicted molar refractivity (Wildman–Crippen MR) is 74.2 cm³/mol. The molecule has 0 fully saturated rings. The van der Waals surface area contributed by atoms with Crippen molar-refractivity contribution < 1.29 is 0 Å². The highest BCUT2D eigenvalue weighted by Gasteiger charge is 2.11. The fourth-order valence-electron chi connectivity index (χ4n) is 1.75. The second kappa shape index (κ2) is 4.93. The summed E-state index contributed by atoms with van der Waals surface area (Å²) < 4.78 is 2.56. The van der Waals surface area contributed by atoms with Gasteiger partial charge in [0, 0.05) is 24.8 Å². The molecule has 18 heavy (non-hydrogen) atoms. The highest BCUT2D eigenvalue weighted by molar-refractivity contribution is 9.10. The van der Waals surface area contributed by atoms with E-state index in [1.807, 2.05) is 25.6 Å². The third-order valence-electron chi connectivity index (χ3n) is 2.91. The molecule has 2 rings (SSSR count). The Morgan fingerprint density at radius 3 is 2.72 bits per heavy atom. The van der Waals surface area contributed by atoms with E-state index in [-0.39, 0.29) is 0 Å². The van der Waals surface area contributed by atoms with Gasteiger partial charge in [0.2, 0.25) is 0 Å². The summed E-state index contributed by atoms with van der Waals surface area (Å²) in [5.74, 6) is 1.11. The lowest BCUT2D eigenvalue weighted by Crippen LogP contribution is -2.06. The van der Waals surface area contributed by atoms with Crippen LogP contribution in [-0.4, -0.2) is 19.7 Å². The largest absolute Gasteiger partial charge is 0.383 e. The highest BCUT2D eigenvalue weighted by Crippen LogP contribution is 2.25. The van der Waals surface area contributed by atoms with Crippen LogP contribution in [0.5, 0.6) is 0 Å². The highest BCUT2D eigenvalue weighted by atomic mass is 79.9. The van der Waals surface area contributed by atoms with Crippen LogP contribution in [0.25, 0.3) is 0 Å². The number of nitrogen functional groups attached to an aromatic ring is 1. The summed E-state index contributed by atoms with van der Waals surface area (Å²) in [6.45, 7) is 4.69. The Labute approximate surface area is 114 Å². The van der Waals surface area contributed by atoms with Crippen LogP contribution >= 0.6 is 15.9 Å². The monoisotopic (exact) mass is 310 g/mol. The second-order valence-corrected chi connectivity index (χ2v) is 4.84. The number of rotatable bonds is 3. The van der Waals surface area contributed by atoms with E-state index in [1.54, 1.807) is 0 Å². The molecule has 0 aliphatic heterocycles. The van der Waals surface area contributed by atoms with Gasteiger partial charge in [0.15, 0.2) is 0 Å². The second-order valence-electron chi connectivity index (χ2n) is 4.05. The van der Waals surface area contributed by atoms with E-state index in [9.17, 15) is 0 Å². The van der Waals surface area contributed by atoms with Gasteiger partial charge < -0.3 is 11.1 Å². The molecule has 2 heterocycles. The Morgan fingerprint density at radius 2 is 2.11 bits per heavy atom. The normalized spacial score (nSPS) is 10.7. The molecular weight excluding hydrogens is 296 g/mol. The van der Waals surface area contributed by atoms with Gasteiger partial charge in [-0.3, -0.25) is 4.68 Å². The molecule has 0 aromatic carbocycles. The van der Waals surface area contributed by atoms with Crippen LogP contribution in [0.3, 0.4) is 0 Å². The van der Waals surface area contributed by atoms with Crippen molar-refractivity contribution in [1.29, 1.82) is 0 Å². The van der Waals surface area contributed by atoms with E-state index in [0.717, 1.165) is 11.4 Å². The third-order valence-corrected chi connectivity index (χ3v) is 3.69. The molecule has 0 saturated carbocycles. The van der Waals surface area contributed by atoms with Gasteiger partial charge in [0.25, 0.3) is 0 Å². The SMILES string of the molecule is Cc1nn(C)c(C)c1CNc1ncnc(N)c1Br. The average Bonchev–Trinajstić information content (AvgIpc) is 2.56. The van der Waals surface area contributed by atoms with Gasteiger partial charge in [-0.1, -0.05) is 0 Å². The number of hydrogen-bond acceptors (Lipinski definition) is 5. The third kappa shape index (κ3) is 2.31. The first-order valence-corrected chi connectivity index (χ1v) is 6.29. The summed E-state index contributed by atoms with van der Waals surface area (Å²) in [6, 6.07) is 0. The summed E-state index contributed by atoms with van der Waals surface area (Å²) >= 11 is 3.36. The molecule has 0 radical (unpaired) electrons. The van der Waals surface area contributed by atoms with Gasteiger partial charge in [-0.05, 0) is 29.8 Å². The molecule has 0 bridgehead atoms. The van der Waals surface area contributed by atoms with Crippen LogP contribution < -0.4 is 11.1 Å². The van der Waals surface area contributed by atoms with Crippen LogP contribution in [0.4, 0.5) is 11.6 Å². The molecule has 3 N–H and O–H groups in total. The minimum absolute atomic E-state index is 0.423. The molecule has 2 aromatic rings. The van der Waals surface area contributed by atoms with E-state index in [1.165, 1.54) is 11.9 Å². The fourth-order valence-corrected chi connectivity index (χ4v) is 2.10. The number of nitrogens with two attached hydrogens (primary N) is 1. The van der Waals surface area contributed by atoms with E-state index in [0.29, 0.717) is 22.7 Å². The van der Waals surface area contributed by atoms with E-state index < -0.39 is 0 Å². The Balaban J connectivity index is 2.19. The zero-order valence-electron chi connectivity index (χ0n) is 10.5. The van der Waals surface area contributed by atoms with Crippen molar-refractivity contribution >= 4 is 27.6 Å². The summed E-state index contributed by atoms with van der Waals surface area (Å²) in [5.41, 5.74) is 9.02. The quantitative estimate of drug-likeness (QED) is 0.903. The molecule has 0 spiro atoms. The van der Waals surface area contributed by atoms with Crippen molar-refractivity contribution in [3.63, 3.8) is 0 Å². The van der Waals surface area contributed by atoms with E-state index in [4.69, 9.17) is 5.73 Å². The lowest BCUT2D eigenvalue weighted by Gasteiger charge is -2.08. The molecule has 0 amide bonds. The van der Waals surface area contributed by atoms with Crippen molar-refractivity contribution in [2.24, 2.45) is 7.05 Å². The molecule has 0 unspecified atom stereocenters. The Hall–Kier alpha value is -1.63. The molecule has 2 aromatic heterocycles. The van der Waals surface area contributed by atoms with Crippen LogP contribution in [0, 0.1) is 13.8 Å². The molecule has 7 heteroatoms. The minimum Gasteiger partial charge on any atom is -0.383 e. The summed E-state index contributed by atoms with van der Waals surface area (Å²) in [5, 5.41) is 7.60. The summed E-state index contributed by atoms with van der Waals surface area (Å²) in [4.78, 5) is 8.04. The minimum atomic E-state index is 0.423. The topological polar surface area (TPSA) is 81.7 Å². The Bertz CT molecular complexity index is 577. The molecule has 96 valence electrons. The van der Waals surface area contributed by atoms with Crippen molar-refractivity contribution in [3.8, 4) is 0 Å². The lowest BCUT2D eigenvalue weighted by molar-refractivity contribution is 0.730. The van der Waals surface area contributed by atoms with E-state index in [2.05, 4.69) is 36.3 Å². The number of nitrogens with one attached hydrogen (secondary N) is 1. The maximum Gasteiger partial charge on any atom is 0.146 e. The van der Waals surface area contributed by atoms with E-state index >= 15 is 0 Å². The van der Waals surface area contributed by atoms with Crippen molar-refractivity contribution in [2.75, 3.05) is 11.1 Å². The number of anilines is 2. The van der Waals surface area contributed by atoms with Gasteiger partial charge in [0.05, 0.1) is 5.69 Å². The van der Waals surface area contributed by atoms with Crippen LogP contribution in [-0.2, 0) is 13.6 Å². The fraction of sp³-hybridized carbons (Fsp3) is 0.364. The maximum atomic E-state index is 5.70. The van der Waals surface area contributed by atoms with Crippen molar-refractivity contribution in [2.45, 2.75) is 20.4 Å². The number of aryl methyl sites for hydroxylation is 2. The number of halogens is 1. The first kappa shape index (κ1) is 12.8. The smallest absolute Gasteiger partial charge is 0.146 e. The van der Waals surface area contributed by atoms with Gasteiger partial charge in [-0.15, -0.1) is 0 Å². The summed E-state index contributed by atoms with van der Waals surface area (Å²) in [6.07, 6.45) is 1.44. The first-order valence-electron chi connectivity index (χ1n) is 5.49. The maximum absolute atomic E-state index is 5.70. The molecule has 6 nitrogen and oxygen atoms in total. The standard InChI is InChI=1S/C11H15BrN6/c1-6-8(7(2)18(3)17-6)4-14-11-9(12)10(13)15-5-16-11/h5H,4H2,1-3H3,(H3,13,14,15,16). The average molecular weight is 311 g/mol. The van der Waals surface area contributed by atoms with Gasteiger partial charge in [-0.25, -0.2) is 9.97 Å².